The average molecular weight is 371 g/mol. The zero-order valence-electron chi connectivity index (χ0n) is 14.0. The molecule has 0 radical (unpaired) electrons. The molecule has 7 heteroatoms. The van der Waals surface area contributed by atoms with E-state index in [2.05, 4.69) is 21.4 Å². The maximum absolute atomic E-state index is 12.4. The van der Waals surface area contributed by atoms with Crippen molar-refractivity contribution in [1.29, 1.82) is 5.26 Å². The molecule has 0 atom stereocenters. The Morgan fingerprint density at radius 2 is 2.04 bits per heavy atom. The van der Waals surface area contributed by atoms with Crippen LogP contribution in [0.15, 0.2) is 5.03 Å². The van der Waals surface area contributed by atoms with Gasteiger partial charge in [-0.25, -0.2) is 9.97 Å². The third-order valence-electron chi connectivity index (χ3n) is 4.63. The van der Waals surface area contributed by atoms with E-state index < -0.39 is 0 Å². The molecule has 2 aliphatic rings. The van der Waals surface area contributed by atoms with Gasteiger partial charge in [0.05, 0.1) is 11.3 Å². The molecular weight excluding hydrogens is 352 g/mol. The first kappa shape index (κ1) is 16.6. The van der Waals surface area contributed by atoms with Crippen molar-refractivity contribution >= 4 is 34.0 Å². The van der Waals surface area contributed by atoms with Gasteiger partial charge in [-0.1, -0.05) is 11.8 Å². The molecule has 2 aromatic rings. The van der Waals surface area contributed by atoms with Crippen LogP contribution in [0.2, 0.25) is 0 Å². The fourth-order valence-electron chi connectivity index (χ4n) is 3.54. The highest BCUT2D eigenvalue weighted by molar-refractivity contribution is 8.00. The summed E-state index contributed by atoms with van der Waals surface area (Å²) in [4.78, 5) is 22.7. The lowest BCUT2D eigenvalue weighted by molar-refractivity contribution is -0.113. The van der Waals surface area contributed by atoms with Crippen molar-refractivity contribution in [2.24, 2.45) is 0 Å². The molecule has 2 heterocycles. The third kappa shape index (κ3) is 3.16. The van der Waals surface area contributed by atoms with E-state index in [1.807, 2.05) is 6.92 Å². The monoisotopic (exact) mass is 370 g/mol. The van der Waals surface area contributed by atoms with Gasteiger partial charge >= 0.3 is 0 Å². The molecule has 1 amide bonds. The highest BCUT2D eigenvalue weighted by Gasteiger charge is 2.24. The summed E-state index contributed by atoms with van der Waals surface area (Å²) >= 11 is 3.03. The van der Waals surface area contributed by atoms with E-state index in [-0.39, 0.29) is 5.91 Å². The van der Waals surface area contributed by atoms with Gasteiger partial charge < -0.3 is 5.32 Å². The van der Waals surface area contributed by atoms with E-state index in [1.165, 1.54) is 22.2 Å². The molecule has 25 heavy (non-hydrogen) atoms. The lowest BCUT2D eigenvalue weighted by Gasteiger charge is -2.08. The first-order chi connectivity index (χ1) is 12.2. The fraction of sp³-hybridized carbons (Fsp3) is 0.444. The maximum Gasteiger partial charge on any atom is 0.235 e. The van der Waals surface area contributed by atoms with Gasteiger partial charge in [0.25, 0.3) is 0 Å². The summed E-state index contributed by atoms with van der Waals surface area (Å²) in [5.41, 5.74) is 4.14. The Morgan fingerprint density at radius 1 is 1.24 bits per heavy atom. The van der Waals surface area contributed by atoms with Crippen molar-refractivity contribution in [2.45, 2.75) is 50.5 Å². The van der Waals surface area contributed by atoms with Crippen LogP contribution in [0.1, 0.15) is 45.9 Å². The number of carbonyl (C=O) groups excluding carboxylic acids is 1. The topological polar surface area (TPSA) is 78.7 Å². The number of fused-ring (bicyclic) bond motifs is 2. The van der Waals surface area contributed by atoms with Gasteiger partial charge in [0.15, 0.2) is 0 Å². The van der Waals surface area contributed by atoms with Crippen LogP contribution in [0.5, 0.6) is 0 Å². The number of aromatic nitrogens is 2. The number of rotatable bonds is 4. The van der Waals surface area contributed by atoms with E-state index in [0.29, 0.717) is 16.3 Å². The molecular formula is C18H18N4OS2. The summed E-state index contributed by atoms with van der Waals surface area (Å²) in [7, 11) is 0. The van der Waals surface area contributed by atoms with Crippen LogP contribution in [0, 0.1) is 18.3 Å². The summed E-state index contributed by atoms with van der Waals surface area (Å²) in [6.45, 7) is 1.90. The molecule has 0 bridgehead atoms. The highest BCUT2D eigenvalue weighted by Crippen LogP contribution is 2.38. The first-order valence-electron chi connectivity index (χ1n) is 8.49. The van der Waals surface area contributed by atoms with E-state index in [1.54, 1.807) is 11.3 Å². The van der Waals surface area contributed by atoms with Crippen molar-refractivity contribution in [1.82, 2.24) is 9.97 Å². The largest absolute Gasteiger partial charge is 0.316 e. The number of hydrogen-bond acceptors (Lipinski definition) is 6. The molecule has 0 fully saturated rings. The number of nitrogens with zero attached hydrogens (tertiary/aromatic N) is 3. The number of nitrogens with one attached hydrogen (secondary N) is 1. The number of hydrogen-bond donors (Lipinski definition) is 1. The average Bonchev–Trinajstić information content (AvgIpc) is 3.27. The van der Waals surface area contributed by atoms with Gasteiger partial charge in [0, 0.05) is 16.1 Å². The Balaban J connectivity index is 1.45. The van der Waals surface area contributed by atoms with Crippen molar-refractivity contribution in [3.8, 4) is 6.07 Å². The van der Waals surface area contributed by atoms with Gasteiger partial charge in [0.2, 0.25) is 5.91 Å². The number of amides is 1. The molecule has 128 valence electrons. The molecule has 2 aliphatic carbocycles. The minimum atomic E-state index is -0.0792. The van der Waals surface area contributed by atoms with Gasteiger partial charge in [-0.3, -0.25) is 4.79 Å². The highest BCUT2D eigenvalue weighted by atomic mass is 32.2. The number of thiophene rings is 1. The molecule has 0 aromatic carbocycles. The Hall–Kier alpha value is -1.91. The molecule has 0 aliphatic heterocycles. The number of thioether (sulfide) groups is 1. The Morgan fingerprint density at radius 3 is 2.88 bits per heavy atom. The number of aryl methyl sites for hydroxylation is 3. The van der Waals surface area contributed by atoms with Gasteiger partial charge in [-0.2, -0.15) is 5.26 Å². The summed E-state index contributed by atoms with van der Waals surface area (Å²) < 4.78 is 0. The second-order valence-electron chi connectivity index (χ2n) is 6.36. The molecule has 2 aromatic heterocycles. The summed E-state index contributed by atoms with van der Waals surface area (Å²) in [6.07, 6.45) is 6.19. The molecule has 0 spiro atoms. The number of anilines is 1. The van der Waals surface area contributed by atoms with Gasteiger partial charge in [0.1, 0.15) is 21.9 Å². The molecule has 4 rings (SSSR count). The van der Waals surface area contributed by atoms with Crippen LogP contribution in [0.25, 0.3) is 0 Å². The Kier molecular flexibility index (Phi) is 4.48. The minimum Gasteiger partial charge on any atom is -0.316 e. The van der Waals surface area contributed by atoms with E-state index in [4.69, 9.17) is 0 Å². The Labute approximate surface area is 154 Å². The fourth-order valence-corrected chi connectivity index (χ4v) is 5.73. The molecule has 0 unspecified atom stereocenters. The lowest BCUT2D eigenvalue weighted by Crippen LogP contribution is -2.14. The number of nitriles is 1. The van der Waals surface area contributed by atoms with Gasteiger partial charge in [-0.05, 0) is 51.0 Å². The predicted octanol–water partition coefficient (Wildman–Crippen LogP) is 3.43. The third-order valence-corrected chi connectivity index (χ3v) is 6.86. The van der Waals surface area contributed by atoms with Crippen molar-refractivity contribution in [3.05, 3.63) is 33.1 Å². The van der Waals surface area contributed by atoms with Crippen LogP contribution < -0.4 is 5.32 Å². The summed E-state index contributed by atoms with van der Waals surface area (Å²) in [6, 6.07) is 2.26. The minimum absolute atomic E-state index is 0.0792. The molecule has 0 saturated heterocycles. The quantitative estimate of drug-likeness (QED) is 0.659. The van der Waals surface area contributed by atoms with Crippen molar-refractivity contribution < 1.29 is 4.79 Å². The second-order valence-corrected chi connectivity index (χ2v) is 8.43. The first-order valence-corrected chi connectivity index (χ1v) is 10.3. The van der Waals surface area contributed by atoms with Crippen LogP contribution in [-0.2, 0) is 30.5 Å². The zero-order valence-corrected chi connectivity index (χ0v) is 15.6. The van der Waals surface area contributed by atoms with Crippen LogP contribution in [-0.4, -0.2) is 21.6 Å². The van der Waals surface area contributed by atoms with E-state index in [0.717, 1.165) is 60.6 Å². The smallest absolute Gasteiger partial charge is 0.235 e. The Bertz CT molecular complexity index is 897. The molecule has 1 N–H and O–H groups in total. The lowest BCUT2D eigenvalue weighted by atomic mass is 10.1. The summed E-state index contributed by atoms with van der Waals surface area (Å²) in [5.74, 6) is 0.991. The zero-order chi connectivity index (χ0) is 17.4. The maximum atomic E-state index is 12.4. The van der Waals surface area contributed by atoms with E-state index >= 15 is 0 Å². The molecule has 0 saturated carbocycles. The normalized spacial score (nSPS) is 14.9. The van der Waals surface area contributed by atoms with Crippen LogP contribution >= 0.6 is 23.1 Å². The SMILES string of the molecule is Cc1nc2c(c(SCC(=O)Nc3sc4c(c3C#N)CCC4)n1)CCC2. The summed E-state index contributed by atoms with van der Waals surface area (Å²) in [5, 5.41) is 14.0. The van der Waals surface area contributed by atoms with Crippen molar-refractivity contribution in [2.75, 3.05) is 11.1 Å². The predicted molar refractivity (Wildman–Crippen MR) is 99.2 cm³/mol. The van der Waals surface area contributed by atoms with Crippen LogP contribution in [0.3, 0.4) is 0 Å². The number of carbonyl (C=O) groups is 1. The van der Waals surface area contributed by atoms with E-state index in [9.17, 15) is 10.1 Å². The second kappa shape index (κ2) is 6.77. The van der Waals surface area contributed by atoms with Crippen LogP contribution in [0.4, 0.5) is 5.00 Å². The standard InChI is InChI=1S/C18H18N4OS2/c1-10-20-14-6-2-5-12(14)17(21-10)24-9-16(23)22-18-13(8-19)11-4-3-7-15(11)25-18/h2-7,9H2,1H3,(H,22,23). The molecule has 5 nitrogen and oxygen atoms in total. The van der Waals surface area contributed by atoms with Gasteiger partial charge in [-0.15, -0.1) is 11.3 Å². The van der Waals surface area contributed by atoms with Crippen molar-refractivity contribution in [3.63, 3.8) is 0 Å².